The van der Waals surface area contributed by atoms with Gasteiger partial charge >= 0.3 is 6.18 Å². The summed E-state index contributed by atoms with van der Waals surface area (Å²) in [4.78, 5) is 0. The predicted octanol–water partition coefficient (Wildman–Crippen LogP) is 2.92. The van der Waals surface area contributed by atoms with Gasteiger partial charge in [-0.15, -0.1) is 0 Å². The second kappa shape index (κ2) is 5.26. The van der Waals surface area contributed by atoms with Gasteiger partial charge in [-0.2, -0.15) is 13.2 Å². The van der Waals surface area contributed by atoms with Crippen LogP contribution in [0.1, 0.15) is 5.56 Å². The van der Waals surface area contributed by atoms with E-state index < -0.39 is 11.7 Å². The van der Waals surface area contributed by atoms with Crippen LogP contribution in [0.3, 0.4) is 0 Å². The first-order valence-corrected chi connectivity index (χ1v) is 3.63. The van der Waals surface area contributed by atoms with Gasteiger partial charge in [0.1, 0.15) is 5.75 Å². The van der Waals surface area contributed by atoms with Crippen molar-refractivity contribution in [2.24, 2.45) is 0 Å². The molecule has 5 heteroatoms. The molecule has 0 saturated heterocycles. The predicted molar refractivity (Wildman–Crippen MR) is 42.3 cm³/mol. The summed E-state index contributed by atoms with van der Waals surface area (Å²) in [6.07, 6.45) is -4.32. The number of rotatable bonds is 2. The first-order chi connectivity index (χ1) is 6.04. The summed E-state index contributed by atoms with van der Waals surface area (Å²) in [6.45, 7) is 3.48. The molecule has 81 valence electrons. The fourth-order valence-corrected chi connectivity index (χ4v) is 0.880. The number of hydrogen-bond acceptors (Lipinski definition) is 1. The van der Waals surface area contributed by atoms with E-state index in [2.05, 4.69) is 6.92 Å². The first kappa shape index (κ1) is 13.3. The Morgan fingerprint density at radius 2 is 1.93 bits per heavy atom. The van der Waals surface area contributed by atoms with Crippen LogP contribution in [0.25, 0.3) is 0 Å². The van der Waals surface area contributed by atoms with Gasteiger partial charge in [-0.1, -0.05) is 6.07 Å². The molecule has 1 aromatic carbocycles. The zero-order valence-electron chi connectivity index (χ0n) is 7.10. The molecule has 0 amide bonds. The molecule has 1 radical (unpaired) electrons. The summed E-state index contributed by atoms with van der Waals surface area (Å²) in [5, 5.41) is 0. The fourth-order valence-electron chi connectivity index (χ4n) is 0.880. The SMILES string of the molecule is [CH2-]COc1cccc(C(F)(F)F)c1.[Co]. The van der Waals surface area contributed by atoms with Crippen molar-refractivity contribution >= 4 is 0 Å². The molecule has 0 atom stereocenters. The van der Waals surface area contributed by atoms with E-state index in [4.69, 9.17) is 4.74 Å². The third kappa shape index (κ3) is 3.59. The maximum absolute atomic E-state index is 12.1. The van der Waals surface area contributed by atoms with Crippen LogP contribution in [0.5, 0.6) is 5.75 Å². The van der Waals surface area contributed by atoms with Gasteiger partial charge < -0.3 is 11.7 Å². The minimum atomic E-state index is -4.32. The molecule has 0 unspecified atom stereocenters. The van der Waals surface area contributed by atoms with Crippen molar-refractivity contribution in [1.29, 1.82) is 0 Å². The van der Waals surface area contributed by atoms with Crippen LogP contribution < -0.4 is 4.74 Å². The molecule has 1 nitrogen and oxygen atoms in total. The average Bonchev–Trinajstić information content (AvgIpc) is 2.04. The third-order valence-electron chi connectivity index (χ3n) is 1.43. The van der Waals surface area contributed by atoms with Crippen LogP contribution in [-0.2, 0) is 23.0 Å². The molecule has 14 heavy (non-hydrogen) atoms. The molecule has 0 aromatic heterocycles. The topological polar surface area (TPSA) is 9.23 Å². The normalized spacial score (nSPS) is 10.6. The number of benzene rings is 1. The van der Waals surface area contributed by atoms with Crippen molar-refractivity contribution in [3.05, 3.63) is 36.8 Å². The minimum absolute atomic E-state index is 0. The van der Waals surface area contributed by atoms with Crippen molar-refractivity contribution in [3.63, 3.8) is 0 Å². The van der Waals surface area contributed by atoms with Crippen molar-refractivity contribution in [2.75, 3.05) is 6.61 Å². The molecule has 0 aliphatic carbocycles. The molecule has 0 fully saturated rings. The molecular formula is C9H8CoF3O-. The largest absolute Gasteiger partial charge is 0.525 e. The Kier molecular flexibility index (Phi) is 5.00. The van der Waals surface area contributed by atoms with Gasteiger partial charge in [0.25, 0.3) is 0 Å². The van der Waals surface area contributed by atoms with Gasteiger partial charge in [-0.3, -0.25) is 0 Å². The van der Waals surface area contributed by atoms with Crippen LogP contribution >= 0.6 is 0 Å². The van der Waals surface area contributed by atoms with E-state index in [9.17, 15) is 13.2 Å². The molecule has 1 aromatic rings. The van der Waals surface area contributed by atoms with E-state index in [1.807, 2.05) is 0 Å². The van der Waals surface area contributed by atoms with Crippen molar-refractivity contribution in [2.45, 2.75) is 6.18 Å². The summed E-state index contributed by atoms with van der Waals surface area (Å²) < 4.78 is 41.2. The molecule has 1 rings (SSSR count). The minimum Gasteiger partial charge on any atom is -0.525 e. The van der Waals surface area contributed by atoms with Crippen molar-refractivity contribution in [1.82, 2.24) is 0 Å². The van der Waals surface area contributed by atoms with E-state index in [1.54, 1.807) is 0 Å². The van der Waals surface area contributed by atoms with Gasteiger partial charge in [0, 0.05) is 16.8 Å². The maximum Gasteiger partial charge on any atom is 0.416 e. The molecular weight excluding hydrogens is 240 g/mol. The number of hydrogen-bond donors (Lipinski definition) is 0. The summed E-state index contributed by atoms with van der Waals surface area (Å²) >= 11 is 0. The zero-order chi connectivity index (χ0) is 9.90. The Labute approximate surface area is 90.5 Å². The number of halogens is 3. The quantitative estimate of drug-likeness (QED) is 0.731. The van der Waals surface area contributed by atoms with E-state index >= 15 is 0 Å². The summed E-state index contributed by atoms with van der Waals surface area (Å²) in [7, 11) is 0. The van der Waals surface area contributed by atoms with E-state index in [1.165, 1.54) is 12.1 Å². The van der Waals surface area contributed by atoms with E-state index in [0.29, 0.717) is 0 Å². The second-order valence-electron chi connectivity index (χ2n) is 2.37. The van der Waals surface area contributed by atoms with Crippen LogP contribution in [0.2, 0.25) is 0 Å². The van der Waals surface area contributed by atoms with Crippen molar-refractivity contribution < 1.29 is 34.7 Å². The van der Waals surface area contributed by atoms with E-state index in [0.717, 1.165) is 12.1 Å². The maximum atomic E-state index is 12.1. The zero-order valence-corrected chi connectivity index (χ0v) is 8.14. The van der Waals surface area contributed by atoms with Gasteiger partial charge in [0.15, 0.2) is 0 Å². The Morgan fingerprint density at radius 3 is 2.43 bits per heavy atom. The second-order valence-corrected chi connectivity index (χ2v) is 2.37. The monoisotopic (exact) mass is 248 g/mol. The van der Waals surface area contributed by atoms with Crippen LogP contribution in [0.15, 0.2) is 24.3 Å². The smallest absolute Gasteiger partial charge is 0.416 e. The van der Waals surface area contributed by atoms with Gasteiger partial charge in [0.05, 0.1) is 5.56 Å². The van der Waals surface area contributed by atoms with Gasteiger partial charge in [0.2, 0.25) is 0 Å². The number of ether oxygens (including phenoxy) is 1. The van der Waals surface area contributed by atoms with Gasteiger partial charge in [-0.25, -0.2) is 0 Å². The summed E-state index contributed by atoms with van der Waals surface area (Å²) in [5.74, 6) is 0.185. The fraction of sp³-hybridized carbons (Fsp3) is 0.222. The van der Waals surface area contributed by atoms with Crippen LogP contribution in [0.4, 0.5) is 13.2 Å². The molecule has 0 saturated carbocycles. The Balaban J connectivity index is 0.00000169. The van der Waals surface area contributed by atoms with Gasteiger partial charge in [-0.05, 0) is 24.8 Å². The first-order valence-electron chi connectivity index (χ1n) is 3.63. The standard InChI is InChI=1S/C9H8F3O.Co/c1-2-13-8-5-3-4-7(6-8)9(10,11)12;/h3-6H,1-2H2;/q-1;. The third-order valence-corrected chi connectivity index (χ3v) is 1.43. The average molecular weight is 248 g/mol. The molecule has 0 heterocycles. The Morgan fingerprint density at radius 1 is 1.29 bits per heavy atom. The van der Waals surface area contributed by atoms with Crippen LogP contribution in [-0.4, -0.2) is 6.61 Å². The summed E-state index contributed by atoms with van der Waals surface area (Å²) in [5.41, 5.74) is -0.710. The van der Waals surface area contributed by atoms with E-state index in [-0.39, 0.29) is 29.1 Å². The molecule has 0 bridgehead atoms. The molecule has 0 aliphatic rings. The molecule has 0 spiro atoms. The number of alkyl halides is 3. The molecule has 0 N–H and O–H groups in total. The van der Waals surface area contributed by atoms with Crippen LogP contribution in [0, 0.1) is 6.92 Å². The summed E-state index contributed by atoms with van der Waals surface area (Å²) in [6, 6.07) is 4.70. The Hall–Kier alpha value is -0.684. The van der Waals surface area contributed by atoms with Crippen molar-refractivity contribution in [3.8, 4) is 5.75 Å². The molecule has 0 aliphatic heterocycles. The Bertz CT molecular complexity index is 286.